The van der Waals surface area contributed by atoms with Crippen LogP contribution in [0.5, 0.6) is 5.75 Å². The largest absolute Gasteiger partial charge is 0.495 e. The first kappa shape index (κ1) is 14.6. The fourth-order valence-corrected chi connectivity index (χ4v) is 3.68. The fourth-order valence-electron chi connectivity index (χ4n) is 2.10. The van der Waals surface area contributed by atoms with E-state index < -0.39 is 10.0 Å². The Morgan fingerprint density at radius 1 is 1.47 bits per heavy atom. The molecule has 5 nitrogen and oxygen atoms in total. The van der Waals surface area contributed by atoms with E-state index in [2.05, 4.69) is 10.0 Å². The molecule has 2 N–H and O–H groups in total. The zero-order valence-corrected chi connectivity index (χ0v) is 12.2. The van der Waals surface area contributed by atoms with Gasteiger partial charge in [0, 0.05) is 23.7 Å². The van der Waals surface area contributed by atoms with Crippen LogP contribution in [0.15, 0.2) is 23.1 Å². The van der Waals surface area contributed by atoms with Crippen molar-refractivity contribution < 1.29 is 13.2 Å². The predicted molar refractivity (Wildman–Crippen MR) is 74.2 cm³/mol. The van der Waals surface area contributed by atoms with E-state index in [1.54, 1.807) is 0 Å². The molecule has 0 saturated carbocycles. The monoisotopic (exact) mass is 304 g/mol. The third-order valence-electron chi connectivity index (χ3n) is 3.03. The van der Waals surface area contributed by atoms with Gasteiger partial charge in [0.05, 0.1) is 7.11 Å². The van der Waals surface area contributed by atoms with Crippen LogP contribution in [-0.2, 0) is 10.0 Å². The maximum atomic E-state index is 12.3. The number of piperidine rings is 1. The van der Waals surface area contributed by atoms with Crippen LogP contribution in [0, 0.1) is 0 Å². The standard InChI is InChI=1S/C12H17ClN2O3S/c1-18-11-7-9(13)4-5-12(11)19(16,17)15-10-3-2-6-14-8-10/h4-5,7,10,14-15H,2-3,6,8H2,1H3. The molecule has 0 spiro atoms. The van der Waals surface area contributed by atoms with E-state index >= 15 is 0 Å². The summed E-state index contributed by atoms with van der Waals surface area (Å²) in [5.74, 6) is 0.253. The molecule has 0 amide bonds. The van der Waals surface area contributed by atoms with Crippen molar-refractivity contribution in [1.82, 2.24) is 10.0 Å². The summed E-state index contributed by atoms with van der Waals surface area (Å²) in [4.78, 5) is 0.116. The van der Waals surface area contributed by atoms with Crippen molar-refractivity contribution in [3.8, 4) is 5.75 Å². The van der Waals surface area contributed by atoms with Crippen LogP contribution in [0.1, 0.15) is 12.8 Å². The minimum Gasteiger partial charge on any atom is -0.495 e. The van der Waals surface area contributed by atoms with Gasteiger partial charge in [-0.15, -0.1) is 0 Å². The molecular weight excluding hydrogens is 288 g/mol. The van der Waals surface area contributed by atoms with Gasteiger partial charge in [-0.2, -0.15) is 0 Å². The molecule has 1 aromatic rings. The number of sulfonamides is 1. The van der Waals surface area contributed by atoms with E-state index in [0.717, 1.165) is 19.4 Å². The van der Waals surface area contributed by atoms with Gasteiger partial charge in [0.15, 0.2) is 0 Å². The van der Waals surface area contributed by atoms with E-state index in [1.807, 2.05) is 0 Å². The number of ether oxygens (including phenoxy) is 1. The van der Waals surface area contributed by atoms with Crippen molar-refractivity contribution in [2.45, 2.75) is 23.8 Å². The van der Waals surface area contributed by atoms with Crippen LogP contribution in [-0.4, -0.2) is 34.7 Å². The highest BCUT2D eigenvalue weighted by Gasteiger charge is 2.24. The van der Waals surface area contributed by atoms with Crippen LogP contribution in [0.3, 0.4) is 0 Å². The summed E-state index contributed by atoms with van der Waals surface area (Å²) in [6.45, 7) is 1.58. The molecule has 0 aliphatic carbocycles. The van der Waals surface area contributed by atoms with Gasteiger partial charge >= 0.3 is 0 Å². The fraction of sp³-hybridized carbons (Fsp3) is 0.500. The number of rotatable bonds is 4. The molecule has 1 aliphatic heterocycles. The lowest BCUT2D eigenvalue weighted by atomic mass is 10.1. The molecule has 1 aromatic carbocycles. The first-order chi connectivity index (χ1) is 9.03. The summed E-state index contributed by atoms with van der Waals surface area (Å²) in [6.07, 6.45) is 1.80. The minimum absolute atomic E-state index is 0.0841. The zero-order chi connectivity index (χ0) is 13.9. The molecule has 1 saturated heterocycles. The molecule has 1 unspecified atom stereocenters. The average Bonchev–Trinajstić information content (AvgIpc) is 2.38. The highest BCUT2D eigenvalue weighted by atomic mass is 35.5. The van der Waals surface area contributed by atoms with Crippen LogP contribution in [0.4, 0.5) is 0 Å². The molecule has 7 heteroatoms. The van der Waals surface area contributed by atoms with Crippen LogP contribution in [0.25, 0.3) is 0 Å². The van der Waals surface area contributed by atoms with Crippen molar-refractivity contribution in [1.29, 1.82) is 0 Å². The third-order valence-corrected chi connectivity index (χ3v) is 4.83. The smallest absolute Gasteiger partial charge is 0.244 e. The molecule has 1 aliphatic rings. The quantitative estimate of drug-likeness (QED) is 0.882. The molecular formula is C12H17ClN2O3S. The molecule has 1 fully saturated rings. The van der Waals surface area contributed by atoms with Gasteiger partial charge in [-0.25, -0.2) is 13.1 Å². The maximum Gasteiger partial charge on any atom is 0.244 e. The van der Waals surface area contributed by atoms with Crippen LogP contribution < -0.4 is 14.8 Å². The topological polar surface area (TPSA) is 67.4 Å². The molecule has 1 atom stereocenters. The Morgan fingerprint density at radius 3 is 2.89 bits per heavy atom. The van der Waals surface area contributed by atoms with Gasteiger partial charge in [0.1, 0.15) is 10.6 Å². The molecule has 0 bridgehead atoms. The average molecular weight is 305 g/mol. The van der Waals surface area contributed by atoms with Crippen molar-refractivity contribution in [2.24, 2.45) is 0 Å². The van der Waals surface area contributed by atoms with Crippen molar-refractivity contribution in [3.05, 3.63) is 23.2 Å². The molecule has 19 heavy (non-hydrogen) atoms. The van der Waals surface area contributed by atoms with Gasteiger partial charge in [-0.3, -0.25) is 0 Å². The Kier molecular flexibility index (Phi) is 4.67. The van der Waals surface area contributed by atoms with E-state index in [0.29, 0.717) is 11.6 Å². The van der Waals surface area contributed by atoms with Gasteiger partial charge in [0.25, 0.3) is 0 Å². The first-order valence-electron chi connectivity index (χ1n) is 6.09. The number of halogens is 1. The Balaban J connectivity index is 2.23. The highest BCUT2D eigenvalue weighted by Crippen LogP contribution is 2.27. The van der Waals surface area contributed by atoms with Crippen molar-refractivity contribution >= 4 is 21.6 Å². The van der Waals surface area contributed by atoms with Gasteiger partial charge in [0.2, 0.25) is 10.0 Å². The number of methoxy groups -OCH3 is 1. The third kappa shape index (κ3) is 3.60. The summed E-state index contributed by atoms with van der Waals surface area (Å²) < 4.78 is 32.4. The second kappa shape index (κ2) is 6.09. The highest BCUT2D eigenvalue weighted by molar-refractivity contribution is 7.89. The lowest BCUT2D eigenvalue weighted by Gasteiger charge is -2.24. The maximum absolute atomic E-state index is 12.3. The Morgan fingerprint density at radius 2 is 2.26 bits per heavy atom. The number of nitrogens with one attached hydrogen (secondary N) is 2. The Hall–Kier alpha value is -0.820. The van der Waals surface area contributed by atoms with Crippen LogP contribution in [0.2, 0.25) is 5.02 Å². The lowest BCUT2D eigenvalue weighted by Crippen LogP contribution is -2.45. The van der Waals surface area contributed by atoms with E-state index in [4.69, 9.17) is 16.3 Å². The van der Waals surface area contributed by atoms with Gasteiger partial charge in [-0.05, 0) is 31.5 Å². The zero-order valence-electron chi connectivity index (χ0n) is 10.6. The molecule has 2 rings (SSSR count). The summed E-state index contributed by atoms with van der Waals surface area (Å²) in [7, 11) is -2.17. The van der Waals surface area contributed by atoms with Gasteiger partial charge < -0.3 is 10.1 Å². The minimum atomic E-state index is -3.59. The van der Waals surface area contributed by atoms with Crippen molar-refractivity contribution in [2.75, 3.05) is 20.2 Å². The number of benzene rings is 1. The normalized spacial score (nSPS) is 20.2. The summed E-state index contributed by atoms with van der Waals surface area (Å²) in [5.41, 5.74) is 0. The number of hydrogen-bond donors (Lipinski definition) is 2. The second-order valence-electron chi connectivity index (χ2n) is 4.46. The van der Waals surface area contributed by atoms with Crippen molar-refractivity contribution in [3.63, 3.8) is 0 Å². The summed E-state index contributed by atoms with van der Waals surface area (Å²) >= 11 is 5.83. The van der Waals surface area contributed by atoms with E-state index in [9.17, 15) is 8.42 Å². The predicted octanol–water partition coefficient (Wildman–Crippen LogP) is 1.38. The molecule has 0 aromatic heterocycles. The lowest BCUT2D eigenvalue weighted by molar-refractivity contribution is 0.399. The summed E-state index contributed by atoms with van der Waals surface area (Å²) in [5, 5.41) is 3.61. The Labute approximate surface area is 118 Å². The van der Waals surface area contributed by atoms with Crippen LogP contribution >= 0.6 is 11.6 Å². The van der Waals surface area contributed by atoms with E-state index in [1.165, 1.54) is 25.3 Å². The summed E-state index contributed by atoms with van der Waals surface area (Å²) in [6, 6.07) is 4.41. The molecule has 1 heterocycles. The molecule has 0 radical (unpaired) electrons. The first-order valence-corrected chi connectivity index (χ1v) is 7.95. The van der Waals surface area contributed by atoms with E-state index in [-0.39, 0.29) is 16.7 Å². The molecule has 106 valence electrons. The Bertz CT molecular complexity index is 542. The second-order valence-corrected chi connectivity index (χ2v) is 6.58. The van der Waals surface area contributed by atoms with Gasteiger partial charge in [-0.1, -0.05) is 11.6 Å². The number of hydrogen-bond acceptors (Lipinski definition) is 4. The SMILES string of the molecule is COc1cc(Cl)ccc1S(=O)(=O)NC1CCCNC1.